The van der Waals surface area contributed by atoms with Gasteiger partial charge in [-0.3, -0.25) is 0 Å². The molecule has 1 aliphatic heterocycles. The second kappa shape index (κ2) is 5.88. The van der Waals surface area contributed by atoms with E-state index < -0.39 is 0 Å². The first kappa shape index (κ1) is 10.6. The van der Waals surface area contributed by atoms with E-state index in [9.17, 15) is 0 Å². The summed E-state index contributed by atoms with van der Waals surface area (Å²) >= 11 is 0. The van der Waals surface area contributed by atoms with Gasteiger partial charge in [0, 0.05) is 25.0 Å². The van der Waals surface area contributed by atoms with Crippen LogP contribution in [0.5, 0.6) is 0 Å². The maximum atomic E-state index is 5.66. The van der Waals surface area contributed by atoms with Crippen LogP contribution in [0, 0.1) is 0 Å². The van der Waals surface area contributed by atoms with Crippen LogP contribution in [-0.2, 0) is 11.3 Å². The molecule has 0 spiro atoms. The van der Waals surface area contributed by atoms with Gasteiger partial charge in [0.25, 0.3) is 0 Å². The second-order valence-electron chi connectivity index (χ2n) is 4.03. The van der Waals surface area contributed by atoms with Crippen LogP contribution in [0.2, 0.25) is 0 Å². The molecule has 0 amide bonds. The van der Waals surface area contributed by atoms with Gasteiger partial charge < -0.3 is 15.0 Å². The third-order valence-electron chi connectivity index (χ3n) is 2.79. The van der Waals surface area contributed by atoms with Crippen molar-refractivity contribution >= 4 is 0 Å². The van der Waals surface area contributed by atoms with Gasteiger partial charge in [0.05, 0.1) is 12.4 Å². The van der Waals surface area contributed by atoms with Crippen molar-refractivity contribution in [2.24, 2.45) is 0 Å². The Bertz CT molecular complexity index is 255. The fraction of sp³-hybridized carbons (Fsp3) is 0.727. The molecule has 1 atom stereocenters. The zero-order valence-corrected chi connectivity index (χ0v) is 9.04. The number of aromatic nitrogens is 2. The van der Waals surface area contributed by atoms with Crippen molar-refractivity contribution in [2.75, 3.05) is 13.2 Å². The number of nitrogens with one attached hydrogen (secondary N) is 2. The Labute approximate surface area is 90.4 Å². The highest BCUT2D eigenvalue weighted by molar-refractivity contribution is 4.92. The molecule has 0 bridgehead atoms. The number of rotatable bonds is 5. The van der Waals surface area contributed by atoms with Gasteiger partial charge in [-0.1, -0.05) is 0 Å². The minimum atomic E-state index is 0.480. The summed E-state index contributed by atoms with van der Waals surface area (Å²) in [5.41, 5.74) is 1.14. The highest BCUT2D eigenvalue weighted by Gasteiger charge is 2.12. The largest absolute Gasteiger partial charge is 0.378 e. The van der Waals surface area contributed by atoms with E-state index in [-0.39, 0.29) is 0 Å². The van der Waals surface area contributed by atoms with Crippen LogP contribution in [0.4, 0.5) is 0 Å². The van der Waals surface area contributed by atoms with Crippen molar-refractivity contribution in [2.45, 2.75) is 38.3 Å². The van der Waals surface area contributed by atoms with E-state index in [4.69, 9.17) is 4.74 Å². The quantitative estimate of drug-likeness (QED) is 0.722. The van der Waals surface area contributed by atoms with Crippen LogP contribution in [0.15, 0.2) is 12.5 Å². The van der Waals surface area contributed by atoms with Crippen LogP contribution in [-0.4, -0.2) is 29.2 Å². The molecule has 0 radical (unpaired) electrons. The Kier molecular flexibility index (Phi) is 4.17. The molecular weight excluding hydrogens is 190 g/mol. The van der Waals surface area contributed by atoms with Gasteiger partial charge in [-0.25, -0.2) is 4.98 Å². The summed E-state index contributed by atoms with van der Waals surface area (Å²) in [5.74, 6) is 0. The Hall–Kier alpha value is -0.870. The summed E-state index contributed by atoms with van der Waals surface area (Å²) in [6, 6.07) is 0. The van der Waals surface area contributed by atoms with Crippen molar-refractivity contribution < 1.29 is 4.74 Å². The Balaban J connectivity index is 1.54. The third kappa shape index (κ3) is 3.64. The zero-order chi connectivity index (χ0) is 10.3. The van der Waals surface area contributed by atoms with Crippen LogP contribution in [0.1, 0.15) is 31.4 Å². The van der Waals surface area contributed by atoms with E-state index in [1.54, 1.807) is 6.33 Å². The summed E-state index contributed by atoms with van der Waals surface area (Å²) in [5, 5.41) is 3.38. The number of hydrogen-bond acceptors (Lipinski definition) is 3. The monoisotopic (exact) mass is 209 g/mol. The average Bonchev–Trinajstić information content (AvgIpc) is 2.79. The molecule has 0 aliphatic carbocycles. The molecule has 4 heteroatoms. The van der Waals surface area contributed by atoms with Crippen LogP contribution in [0.25, 0.3) is 0 Å². The minimum Gasteiger partial charge on any atom is -0.378 e. The summed E-state index contributed by atoms with van der Waals surface area (Å²) in [4.78, 5) is 7.04. The first-order valence-electron chi connectivity index (χ1n) is 5.75. The van der Waals surface area contributed by atoms with Crippen molar-refractivity contribution in [3.05, 3.63) is 18.2 Å². The maximum Gasteiger partial charge on any atom is 0.0922 e. The highest BCUT2D eigenvalue weighted by Crippen LogP contribution is 2.14. The van der Waals surface area contributed by atoms with Crippen LogP contribution >= 0.6 is 0 Å². The van der Waals surface area contributed by atoms with Gasteiger partial charge >= 0.3 is 0 Å². The highest BCUT2D eigenvalue weighted by atomic mass is 16.5. The summed E-state index contributed by atoms with van der Waals surface area (Å²) in [6.07, 6.45) is 8.95. The van der Waals surface area contributed by atoms with Crippen LogP contribution in [0.3, 0.4) is 0 Å². The number of H-pyrrole nitrogens is 1. The van der Waals surface area contributed by atoms with Crippen molar-refractivity contribution in [1.29, 1.82) is 0 Å². The lowest BCUT2D eigenvalue weighted by Gasteiger charge is -2.22. The zero-order valence-electron chi connectivity index (χ0n) is 9.04. The van der Waals surface area contributed by atoms with Crippen molar-refractivity contribution in [3.8, 4) is 0 Å². The van der Waals surface area contributed by atoms with E-state index >= 15 is 0 Å². The number of aromatic amines is 1. The normalized spacial score (nSPS) is 21.7. The van der Waals surface area contributed by atoms with Crippen molar-refractivity contribution in [1.82, 2.24) is 15.3 Å². The molecule has 84 valence electrons. The summed E-state index contributed by atoms with van der Waals surface area (Å²) in [6.45, 7) is 2.83. The van der Waals surface area contributed by atoms with Crippen LogP contribution < -0.4 is 5.32 Å². The molecule has 1 fully saturated rings. The van der Waals surface area contributed by atoms with E-state index in [1.165, 1.54) is 19.3 Å². The van der Waals surface area contributed by atoms with E-state index in [1.807, 2.05) is 6.20 Å². The molecule has 4 nitrogen and oxygen atoms in total. The number of imidazole rings is 1. The molecule has 15 heavy (non-hydrogen) atoms. The molecule has 1 aromatic heterocycles. The number of nitrogens with zero attached hydrogens (tertiary/aromatic N) is 1. The first-order chi connectivity index (χ1) is 7.45. The number of hydrogen-bond donors (Lipinski definition) is 2. The molecule has 2 rings (SSSR count). The van der Waals surface area contributed by atoms with Gasteiger partial charge in [-0.2, -0.15) is 0 Å². The number of ether oxygens (including phenoxy) is 1. The smallest absolute Gasteiger partial charge is 0.0922 e. The molecule has 1 saturated heterocycles. The van der Waals surface area contributed by atoms with Crippen molar-refractivity contribution in [3.63, 3.8) is 0 Å². The van der Waals surface area contributed by atoms with E-state index in [2.05, 4.69) is 15.3 Å². The molecule has 0 aromatic carbocycles. The third-order valence-corrected chi connectivity index (χ3v) is 2.79. The first-order valence-corrected chi connectivity index (χ1v) is 5.75. The summed E-state index contributed by atoms with van der Waals surface area (Å²) in [7, 11) is 0. The van der Waals surface area contributed by atoms with E-state index in [0.717, 1.165) is 31.8 Å². The van der Waals surface area contributed by atoms with Gasteiger partial charge in [0.1, 0.15) is 0 Å². The lowest BCUT2D eigenvalue weighted by atomic mass is 10.1. The molecule has 0 saturated carbocycles. The topological polar surface area (TPSA) is 49.9 Å². The lowest BCUT2D eigenvalue weighted by molar-refractivity contribution is 0.0115. The predicted octanol–water partition coefficient (Wildman–Crippen LogP) is 1.46. The van der Waals surface area contributed by atoms with Gasteiger partial charge in [-0.15, -0.1) is 0 Å². The fourth-order valence-corrected chi connectivity index (χ4v) is 1.90. The molecule has 1 unspecified atom stereocenters. The second-order valence-corrected chi connectivity index (χ2v) is 4.03. The Morgan fingerprint density at radius 1 is 1.53 bits per heavy atom. The molecule has 2 N–H and O–H groups in total. The standard InChI is InChI=1S/C11H19N3O/c1-2-6-15-11(3-1)4-5-12-7-10-8-13-9-14-10/h8-9,11-12H,1-7H2,(H,13,14). The maximum absolute atomic E-state index is 5.66. The predicted molar refractivity (Wildman–Crippen MR) is 58.5 cm³/mol. The SMILES string of the molecule is c1ncc(CNCCC2CCCCO2)[nH]1. The van der Waals surface area contributed by atoms with E-state index in [0.29, 0.717) is 6.10 Å². The van der Waals surface area contributed by atoms with Gasteiger partial charge in [0.15, 0.2) is 0 Å². The minimum absolute atomic E-state index is 0.480. The molecule has 1 aromatic rings. The Morgan fingerprint density at radius 3 is 3.27 bits per heavy atom. The van der Waals surface area contributed by atoms with Gasteiger partial charge in [-0.05, 0) is 32.2 Å². The Morgan fingerprint density at radius 2 is 2.53 bits per heavy atom. The molecule has 2 heterocycles. The summed E-state index contributed by atoms with van der Waals surface area (Å²) < 4.78 is 5.66. The average molecular weight is 209 g/mol. The lowest BCUT2D eigenvalue weighted by Crippen LogP contribution is -2.25. The molecule has 1 aliphatic rings. The van der Waals surface area contributed by atoms with Gasteiger partial charge in [0.2, 0.25) is 0 Å². The molecular formula is C11H19N3O. The fourth-order valence-electron chi connectivity index (χ4n) is 1.90.